The topological polar surface area (TPSA) is 79.9 Å². The van der Waals surface area contributed by atoms with Crippen LogP contribution in [0.1, 0.15) is 44.2 Å². The third kappa shape index (κ3) is 4.65. The number of esters is 1. The molecule has 0 spiro atoms. The van der Waals surface area contributed by atoms with Gasteiger partial charge >= 0.3 is 12.0 Å². The molecular weight excluding hydrogens is 358 g/mol. The molecule has 0 unspecified atom stereocenters. The maximum absolute atomic E-state index is 12.7. The van der Waals surface area contributed by atoms with Gasteiger partial charge in [-0.15, -0.1) is 0 Å². The number of hydrogen-bond acceptors (Lipinski definition) is 5. The summed E-state index contributed by atoms with van der Waals surface area (Å²) < 4.78 is 10.8. The zero-order valence-corrected chi connectivity index (χ0v) is 16.6. The minimum atomic E-state index is -0.620. The van der Waals surface area contributed by atoms with Crippen molar-refractivity contribution in [1.82, 2.24) is 15.5 Å². The number of benzene rings is 1. The van der Waals surface area contributed by atoms with Gasteiger partial charge in [-0.2, -0.15) is 0 Å². The van der Waals surface area contributed by atoms with Crippen molar-refractivity contribution >= 4 is 12.0 Å². The highest BCUT2D eigenvalue weighted by Crippen LogP contribution is 2.34. The maximum atomic E-state index is 12.7. The quantitative estimate of drug-likeness (QED) is 0.734. The first-order chi connectivity index (χ1) is 13.6. The second kappa shape index (κ2) is 9.59. The van der Waals surface area contributed by atoms with E-state index in [4.69, 9.17) is 9.47 Å². The van der Waals surface area contributed by atoms with Gasteiger partial charge in [0.15, 0.2) is 0 Å². The van der Waals surface area contributed by atoms with Crippen LogP contribution in [0.3, 0.4) is 0 Å². The van der Waals surface area contributed by atoms with Crippen molar-refractivity contribution in [3.63, 3.8) is 0 Å². The van der Waals surface area contributed by atoms with E-state index >= 15 is 0 Å². The molecule has 1 saturated heterocycles. The number of carbonyl (C=O) groups is 2. The Morgan fingerprint density at radius 3 is 2.57 bits per heavy atom. The fourth-order valence-corrected chi connectivity index (χ4v) is 3.85. The highest BCUT2D eigenvalue weighted by molar-refractivity contribution is 5.95. The number of nitrogens with one attached hydrogen (secondary N) is 2. The van der Waals surface area contributed by atoms with E-state index in [0.717, 1.165) is 31.5 Å². The minimum absolute atomic E-state index is 0.325. The van der Waals surface area contributed by atoms with Crippen LogP contribution in [-0.4, -0.2) is 50.3 Å². The Kier molecular flexibility index (Phi) is 6.92. The monoisotopic (exact) mass is 387 g/mol. The Labute approximate surface area is 166 Å². The van der Waals surface area contributed by atoms with Gasteiger partial charge in [0, 0.05) is 17.8 Å². The molecule has 1 atom stereocenters. The molecule has 2 N–H and O–H groups in total. The molecule has 0 aromatic heterocycles. The van der Waals surface area contributed by atoms with Crippen LogP contribution in [0.25, 0.3) is 0 Å². The lowest BCUT2D eigenvalue weighted by Gasteiger charge is -2.32. The molecule has 28 heavy (non-hydrogen) atoms. The standard InChI is InChI=1S/C21H29N3O4/c1-3-28-17-11-7-6-10-15(17)19-18(20(25)27-2)16(22-21(26)23-19)14-24-12-8-4-5-9-13-24/h6-7,10-11,19H,3-5,8-9,12-14H2,1-2H3,(H2,22,23,26)/t19-/m1/s1. The Balaban J connectivity index is 2.00. The average Bonchev–Trinajstić information content (AvgIpc) is 2.96. The van der Waals surface area contributed by atoms with Crippen molar-refractivity contribution in [1.29, 1.82) is 0 Å². The summed E-state index contributed by atoms with van der Waals surface area (Å²) in [7, 11) is 1.36. The van der Waals surface area contributed by atoms with Crippen molar-refractivity contribution in [3.8, 4) is 5.75 Å². The maximum Gasteiger partial charge on any atom is 0.338 e. The number of amides is 2. The first-order valence-corrected chi connectivity index (χ1v) is 9.97. The number of para-hydroxylation sites is 1. The summed E-state index contributed by atoms with van der Waals surface area (Å²) in [4.78, 5) is 27.4. The third-order valence-corrected chi connectivity index (χ3v) is 5.17. The van der Waals surface area contributed by atoms with Crippen LogP contribution < -0.4 is 15.4 Å². The summed E-state index contributed by atoms with van der Waals surface area (Å²) in [5.74, 6) is 0.196. The first-order valence-electron chi connectivity index (χ1n) is 9.97. The van der Waals surface area contributed by atoms with E-state index in [1.165, 1.54) is 20.0 Å². The lowest BCUT2D eigenvalue weighted by atomic mass is 9.94. The van der Waals surface area contributed by atoms with Crippen LogP contribution in [0, 0.1) is 0 Å². The molecule has 0 bridgehead atoms. The molecule has 2 aliphatic heterocycles. The summed E-state index contributed by atoms with van der Waals surface area (Å²) in [6.07, 6.45) is 4.70. The van der Waals surface area contributed by atoms with Gasteiger partial charge in [0.05, 0.1) is 25.3 Å². The number of hydrogen-bond donors (Lipinski definition) is 2. The number of likely N-dealkylation sites (tertiary alicyclic amines) is 1. The van der Waals surface area contributed by atoms with Gasteiger partial charge in [0.25, 0.3) is 0 Å². The third-order valence-electron chi connectivity index (χ3n) is 5.17. The van der Waals surface area contributed by atoms with Crippen molar-refractivity contribution in [3.05, 3.63) is 41.1 Å². The fraction of sp³-hybridized carbons (Fsp3) is 0.524. The summed E-state index contributed by atoms with van der Waals surface area (Å²) in [6, 6.07) is 6.51. The van der Waals surface area contributed by atoms with Crippen molar-refractivity contribution < 1.29 is 19.1 Å². The number of carbonyl (C=O) groups excluding carboxylic acids is 2. The van der Waals surface area contributed by atoms with Crippen LogP contribution in [0.5, 0.6) is 5.75 Å². The summed E-state index contributed by atoms with van der Waals surface area (Å²) in [5.41, 5.74) is 1.78. The Morgan fingerprint density at radius 2 is 1.89 bits per heavy atom. The molecule has 3 rings (SSSR count). The highest BCUT2D eigenvalue weighted by atomic mass is 16.5. The molecular formula is C21H29N3O4. The largest absolute Gasteiger partial charge is 0.494 e. The molecule has 1 fully saturated rings. The first kappa shape index (κ1) is 20.2. The Morgan fingerprint density at radius 1 is 1.18 bits per heavy atom. The molecule has 0 saturated carbocycles. The van der Waals surface area contributed by atoms with Crippen molar-refractivity contribution in [2.45, 2.75) is 38.6 Å². The van der Waals surface area contributed by atoms with E-state index < -0.39 is 12.0 Å². The van der Waals surface area contributed by atoms with Gasteiger partial charge in [0.2, 0.25) is 0 Å². The number of methoxy groups -OCH3 is 1. The second-order valence-electron chi connectivity index (χ2n) is 7.08. The van der Waals surface area contributed by atoms with Crippen LogP contribution >= 0.6 is 0 Å². The van der Waals surface area contributed by atoms with E-state index in [0.29, 0.717) is 30.2 Å². The molecule has 2 amide bonds. The van der Waals surface area contributed by atoms with Gasteiger partial charge in [-0.25, -0.2) is 9.59 Å². The second-order valence-corrected chi connectivity index (χ2v) is 7.08. The van der Waals surface area contributed by atoms with Crippen LogP contribution in [0.15, 0.2) is 35.5 Å². The molecule has 7 heteroatoms. The zero-order chi connectivity index (χ0) is 19.9. The smallest absolute Gasteiger partial charge is 0.338 e. The van der Waals surface area contributed by atoms with Gasteiger partial charge in [-0.05, 0) is 38.9 Å². The van der Waals surface area contributed by atoms with Crippen LogP contribution in [0.4, 0.5) is 4.79 Å². The number of urea groups is 1. The van der Waals surface area contributed by atoms with Gasteiger partial charge < -0.3 is 20.1 Å². The molecule has 1 aromatic rings. The molecule has 0 radical (unpaired) electrons. The fourth-order valence-electron chi connectivity index (χ4n) is 3.85. The van der Waals surface area contributed by atoms with E-state index in [1.807, 2.05) is 31.2 Å². The highest BCUT2D eigenvalue weighted by Gasteiger charge is 2.35. The van der Waals surface area contributed by atoms with Gasteiger partial charge in [0.1, 0.15) is 5.75 Å². The molecule has 7 nitrogen and oxygen atoms in total. The predicted octanol–water partition coefficient (Wildman–Crippen LogP) is 2.74. The molecule has 2 heterocycles. The summed E-state index contributed by atoms with van der Waals surface area (Å²) in [6.45, 7) is 4.83. The summed E-state index contributed by atoms with van der Waals surface area (Å²) >= 11 is 0. The predicted molar refractivity (Wildman–Crippen MR) is 106 cm³/mol. The van der Waals surface area contributed by atoms with E-state index in [2.05, 4.69) is 15.5 Å². The van der Waals surface area contributed by atoms with E-state index in [-0.39, 0.29) is 6.03 Å². The average molecular weight is 387 g/mol. The number of rotatable bonds is 6. The lowest BCUT2D eigenvalue weighted by molar-refractivity contribution is -0.136. The zero-order valence-electron chi connectivity index (χ0n) is 16.6. The minimum Gasteiger partial charge on any atom is -0.494 e. The van der Waals surface area contributed by atoms with Gasteiger partial charge in [-0.1, -0.05) is 31.0 Å². The van der Waals surface area contributed by atoms with Crippen LogP contribution in [0.2, 0.25) is 0 Å². The van der Waals surface area contributed by atoms with Crippen LogP contribution in [-0.2, 0) is 9.53 Å². The van der Waals surface area contributed by atoms with Crippen molar-refractivity contribution in [2.75, 3.05) is 33.4 Å². The van der Waals surface area contributed by atoms with E-state index in [9.17, 15) is 9.59 Å². The molecule has 0 aliphatic carbocycles. The molecule has 152 valence electrons. The SMILES string of the molecule is CCOc1ccccc1[C@H]1NC(=O)NC(CN2CCCCCC2)=C1C(=O)OC. The molecule has 2 aliphatic rings. The number of ether oxygens (including phenoxy) is 2. The normalized spacial score (nSPS) is 20.8. The summed E-state index contributed by atoms with van der Waals surface area (Å²) in [5, 5.41) is 5.72. The lowest BCUT2D eigenvalue weighted by Crippen LogP contribution is -2.48. The van der Waals surface area contributed by atoms with Gasteiger partial charge in [-0.3, -0.25) is 4.90 Å². The molecule has 1 aromatic carbocycles. The Bertz CT molecular complexity index is 739. The Hall–Kier alpha value is -2.54. The van der Waals surface area contributed by atoms with E-state index in [1.54, 1.807) is 0 Å². The number of nitrogens with zero attached hydrogens (tertiary/aromatic N) is 1. The van der Waals surface area contributed by atoms with Crippen molar-refractivity contribution in [2.24, 2.45) is 0 Å².